The SMILES string of the molecule is C#CCOc1ccc2c(c1)c(-c1ccccc1C(C)C)nc(=O)n2Cc1ccc(OCCOCCOCCOCCOC)cc1. The van der Waals surface area contributed by atoms with Gasteiger partial charge in [-0.05, 0) is 47.4 Å². The van der Waals surface area contributed by atoms with Gasteiger partial charge in [-0.15, -0.1) is 6.42 Å². The number of aromatic nitrogens is 2. The van der Waals surface area contributed by atoms with Crippen molar-refractivity contribution in [2.75, 3.05) is 66.6 Å². The van der Waals surface area contributed by atoms with Crippen molar-refractivity contribution in [3.8, 4) is 35.1 Å². The number of rotatable bonds is 19. The van der Waals surface area contributed by atoms with Crippen LogP contribution in [0.1, 0.15) is 30.9 Å². The highest BCUT2D eigenvalue weighted by Gasteiger charge is 2.17. The predicted molar refractivity (Wildman–Crippen MR) is 175 cm³/mol. The maximum Gasteiger partial charge on any atom is 0.348 e. The molecule has 4 rings (SSSR count). The number of hydrogen-bond acceptors (Lipinski definition) is 8. The summed E-state index contributed by atoms with van der Waals surface area (Å²) in [5.74, 6) is 4.10. The Morgan fingerprint density at radius 1 is 0.800 bits per heavy atom. The van der Waals surface area contributed by atoms with Crippen LogP contribution in [-0.4, -0.2) is 76.1 Å². The van der Waals surface area contributed by atoms with E-state index in [9.17, 15) is 4.79 Å². The van der Waals surface area contributed by atoms with Gasteiger partial charge in [-0.1, -0.05) is 56.2 Å². The van der Waals surface area contributed by atoms with Crippen LogP contribution in [0, 0.1) is 12.3 Å². The third-order valence-corrected chi connectivity index (χ3v) is 7.05. The fraction of sp³-hybridized carbons (Fsp3) is 0.389. The van der Waals surface area contributed by atoms with Gasteiger partial charge in [0.05, 0.1) is 64.0 Å². The summed E-state index contributed by atoms with van der Waals surface area (Å²) in [5.41, 5.74) is 4.05. The van der Waals surface area contributed by atoms with Crippen LogP contribution in [0.2, 0.25) is 0 Å². The Morgan fingerprint density at radius 3 is 2.11 bits per heavy atom. The van der Waals surface area contributed by atoms with Gasteiger partial charge in [-0.3, -0.25) is 4.57 Å². The number of methoxy groups -OCH3 is 1. The van der Waals surface area contributed by atoms with Crippen LogP contribution < -0.4 is 15.2 Å². The first-order valence-electron chi connectivity index (χ1n) is 15.2. The van der Waals surface area contributed by atoms with Gasteiger partial charge in [0.1, 0.15) is 24.7 Å². The van der Waals surface area contributed by atoms with E-state index in [1.165, 1.54) is 0 Å². The maximum atomic E-state index is 13.5. The molecule has 0 radical (unpaired) electrons. The first kappa shape index (κ1) is 33.7. The Bertz CT molecular complexity index is 1590. The van der Waals surface area contributed by atoms with Crippen LogP contribution >= 0.6 is 0 Å². The van der Waals surface area contributed by atoms with E-state index in [4.69, 9.17) is 34.8 Å². The van der Waals surface area contributed by atoms with Crippen LogP contribution in [0.15, 0.2) is 71.5 Å². The Balaban J connectivity index is 1.40. The monoisotopic (exact) mass is 614 g/mol. The third kappa shape index (κ3) is 9.90. The number of hydrogen-bond donors (Lipinski definition) is 0. The number of terminal acetylenes is 1. The van der Waals surface area contributed by atoms with E-state index in [1.54, 1.807) is 11.7 Å². The van der Waals surface area contributed by atoms with Crippen LogP contribution in [0.4, 0.5) is 0 Å². The quantitative estimate of drug-likeness (QED) is 0.104. The van der Waals surface area contributed by atoms with Gasteiger partial charge < -0.3 is 28.4 Å². The molecule has 0 N–H and O–H groups in total. The van der Waals surface area contributed by atoms with Crippen molar-refractivity contribution in [3.05, 3.63) is 88.3 Å². The molecule has 0 spiro atoms. The van der Waals surface area contributed by atoms with E-state index in [0.29, 0.717) is 70.8 Å². The molecule has 4 aromatic rings. The van der Waals surface area contributed by atoms with Crippen LogP contribution in [0.5, 0.6) is 11.5 Å². The van der Waals surface area contributed by atoms with Crippen molar-refractivity contribution in [1.29, 1.82) is 0 Å². The molecule has 3 aromatic carbocycles. The molecular formula is C36H42N2O7. The van der Waals surface area contributed by atoms with Gasteiger partial charge in [0, 0.05) is 18.1 Å². The fourth-order valence-electron chi connectivity index (χ4n) is 4.82. The normalized spacial score (nSPS) is 11.2. The van der Waals surface area contributed by atoms with E-state index in [2.05, 4.69) is 30.8 Å². The summed E-state index contributed by atoms with van der Waals surface area (Å²) in [6, 6.07) is 21.4. The number of benzene rings is 3. The molecule has 0 fully saturated rings. The molecule has 0 bridgehead atoms. The predicted octanol–water partition coefficient (Wildman–Crippen LogP) is 5.32. The Morgan fingerprint density at radius 2 is 1.44 bits per heavy atom. The van der Waals surface area contributed by atoms with Gasteiger partial charge in [0.15, 0.2) is 0 Å². The highest BCUT2D eigenvalue weighted by atomic mass is 16.6. The summed E-state index contributed by atoms with van der Waals surface area (Å²) >= 11 is 0. The van der Waals surface area contributed by atoms with E-state index < -0.39 is 0 Å². The zero-order valence-electron chi connectivity index (χ0n) is 26.3. The van der Waals surface area contributed by atoms with Gasteiger partial charge >= 0.3 is 5.69 Å². The molecule has 0 aliphatic rings. The van der Waals surface area contributed by atoms with E-state index in [1.807, 2.05) is 60.7 Å². The van der Waals surface area contributed by atoms with Crippen LogP contribution in [0.25, 0.3) is 22.2 Å². The molecule has 45 heavy (non-hydrogen) atoms. The molecule has 0 unspecified atom stereocenters. The second-order valence-corrected chi connectivity index (χ2v) is 10.6. The van der Waals surface area contributed by atoms with Crippen molar-refractivity contribution in [2.45, 2.75) is 26.3 Å². The fourth-order valence-corrected chi connectivity index (χ4v) is 4.82. The summed E-state index contributed by atoms with van der Waals surface area (Å²) in [6.07, 6.45) is 5.42. The lowest BCUT2D eigenvalue weighted by atomic mass is 9.93. The van der Waals surface area contributed by atoms with Crippen molar-refractivity contribution in [3.63, 3.8) is 0 Å². The number of nitrogens with zero attached hydrogens (tertiary/aromatic N) is 2. The summed E-state index contributed by atoms with van der Waals surface area (Å²) in [7, 11) is 1.64. The summed E-state index contributed by atoms with van der Waals surface area (Å²) < 4.78 is 34.5. The second kappa shape index (κ2) is 17.9. The lowest BCUT2D eigenvalue weighted by Gasteiger charge is -2.17. The van der Waals surface area contributed by atoms with Gasteiger partial charge in [0.2, 0.25) is 0 Å². The largest absolute Gasteiger partial charge is 0.491 e. The zero-order valence-corrected chi connectivity index (χ0v) is 26.3. The summed E-state index contributed by atoms with van der Waals surface area (Å²) in [5, 5.41) is 0.818. The third-order valence-electron chi connectivity index (χ3n) is 7.05. The molecule has 0 aliphatic heterocycles. The zero-order chi connectivity index (χ0) is 31.9. The number of fused-ring (bicyclic) bond motifs is 1. The minimum Gasteiger partial charge on any atom is -0.491 e. The topological polar surface area (TPSA) is 90.3 Å². The molecule has 1 aromatic heterocycles. The molecule has 1 heterocycles. The van der Waals surface area contributed by atoms with Crippen molar-refractivity contribution in [1.82, 2.24) is 9.55 Å². The Hall–Kier alpha value is -4.20. The van der Waals surface area contributed by atoms with Crippen LogP contribution in [-0.2, 0) is 25.5 Å². The Labute approximate surface area is 265 Å². The van der Waals surface area contributed by atoms with Gasteiger partial charge in [-0.25, -0.2) is 4.79 Å². The minimum absolute atomic E-state index is 0.150. The first-order valence-corrected chi connectivity index (χ1v) is 15.2. The molecule has 0 saturated carbocycles. The lowest BCUT2D eigenvalue weighted by molar-refractivity contribution is 0.000163. The van der Waals surface area contributed by atoms with Crippen LogP contribution in [0.3, 0.4) is 0 Å². The standard InChI is InChI=1S/C36H42N2O7/c1-5-16-44-30-14-15-34-33(25-30)35(32-9-7-6-8-31(32)27(2)3)37-36(39)38(34)26-28-10-12-29(13-11-28)45-24-23-43-22-21-42-20-19-41-18-17-40-4/h1,6-15,25,27H,16-24,26H2,2-4H3. The first-order chi connectivity index (χ1) is 22.0. The van der Waals surface area contributed by atoms with E-state index >= 15 is 0 Å². The number of ether oxygens (including phenoxy) is 6. The molecule has 0 aliphatic carbocycles. The molecule has 0 amide bonds. The molecular weight excluding hydrogens is 572 g/mol. The molecule has 0 atom stereocenters. The van der Waals surface area contributed by atoms with E-state index in [0.717, 1.165) is 33.3 Å². The summed E-state index contributed by atoms with van der Waals surface area (Å²) in [4.78, 5) is 18.1. The van der Waals surface area contributed by atoms with Gasteiger partial charge in [-0.2, -0.15) is 4.98 Å². The second-order valence-electron chi connectivity index (χ2n) is 10.6. The molecule has 9 nitrogen and oxygen atoms in total. The van der Waals surface area contributed by atoms with Crippen molar-refractivity contribution in [2.24, 2.45) is 0 Å². The molecule has 238 valence electrons. The lowest BCUT2D eigenvalue weighted by Crippen LogP contribution is -2.25. The maximum absolute atomic E-state index is 13.5. The smallest absolute Gasteiger partial charge is 0.348 e. The van der Waals surface area contributed by atoms with Crippen molar-refractivity contribution < 1.29 is 28.4 Å². The van der Waals surface area contributed by atoms with E-state index in [-0.39, 0.29) is 18.2 Å². The Kier molecular flexibility index (Phi) is 13.4. The van der Waals surface area contributed by atoms with Gasteiger partial charge in [0.25, 0.3) is 0 Å². The summed E-state index contributed by atoms with van der Waals surface area (Å²) in [6.45, 7) is 8.79. The average molecular weight is 615 g/mol. The van der Waals surface area contributed by atoms with Crippen molar-refractivity contribution >= 4 is 10.9 Å². The molecule has 9 heteroatoms. The molecule has 0 saturated heterocycles. The highest BCUT2D eigenvalue weighted by Crippen LogP contribution is 2.33. The minimum atomic E-state index is -0.326. The average Bonchev–Trinajstić information content (AvgIpc) is 3.06. The highest BCUT2D eigenvalue weighted by molar-refractivity contribution is 5.94.